The van der Waals surface area contributed by atoms with Gasteiger partial charge in [-0.25, -0.2) is 4.79 Å². The Hall–Kier alpha value is -1.50. The number of carbonyl (C=O) groups is 4. The molecule has 5 unspecified atom stereocenters. The standard InChI is InChI=1S/C16H30N4O6S2/c1-7(2)4-9(18-15(24)12(17)8(3)21)13(22)19-10(5-27)14(23)20-11(6-28)16(25)26/h7-12,21,27-28H,4-6,17H2,1-3H3,(H,18,24)(H,19,22)(H,20,23)(H,25,26). The molecule has 162 valence electrons. The second kappa shape index (κ2) is 12.9. The fourth-order valence-electron chi connectivity index (χ4n) is 2.11. The van der Waals surface area contributed by atoms with Gasteiger partial charge in [-0.1, -0.05) is 13.8 Å². The van der Waals surface area contributed by atoms with Crippen molar-refractivity contribution in [2.24, 2.45) is 11.7 Å². The molecular weight excluding hydrogens is 408 g/mol. The van der Waals surface area contributed by atoms with Crippen LogP contribution in [-0.2, 0) is 19.2 Å². The summed E-state index contributed by atoms with van der Waals surface area (Å²) in [6, 6.07) is -4.54. The number of hydrogen-bond acceptors (Lipinski definition) is 8. The maximum atomic E-state index is 12.6. The molecule has 0 saturated carbocycles. The minimum Gasteiger partial charge on any atom is -0.480 e. The van der Waals surface area contributed by atoms with Gasteiger partial charge in [0.05, 0.1) is 6.10 Å². The molecule has 0 spiro atoms. The predicted molar refractivity (Wildman–Crippen MR) is 110 cm³/mol. The normalized spacial score (nSPS) is 16.4. The van der Waals surface area contributed by atoms with Gasteiger partial charge in [0, 0.05) is 11.5 Å². The van der Waals surface area contributed by atoms with E-state index in [1.165, 1.54) is 6.92 Å². The third-order valence-corrected chi connectivity index (χ3v) is 4.51. The first kappa shape index (κ1) is 26.5. The van der Waals surface area contributed by atoms with E-state index in [1.807, 2.05) is 13.8 Å². The van der Waals surface area contributed by atoms with Gasteiger partial charge in [-0.2, -0.15) is 25.3 Å². The van der Waals surface area contributed by atoms with E-state index in [4.69, 9.17) is 10.8 Å². The molecule has 0 aromatic carbocycles. The van der Waals surface area contributed by atoms with Gasteiger partial charge in [-0.15, -0.1) is 0 Å². The Bertz CT molecular complexity index is 561. The number of hydrogen-bond donors (Lipinski definition) is 8. The molecule has 0 aromatic heterocycles. The van der Waals surface area contributed by atoms with E-state index in [9.17, 15) is 24.3 Å². The molecule has 0 bridgehead atoms. The summed E-state index contributed by atoms with van der Waals surface area (Å²) in [4.78, 5) is 47.9. The molecule has 0 saturated heterocycles. The van der Waals surface area contributed by atoms with Crippen molar-refractivity contribution in [3.05, 3.63) is 0 Å². The first-order valence-electron chi connectivity index (χ1n) is 8.73. The molecule has 0 fully saturated rings. The number of thiol groups is 2. The lowest BCUT2D eigenvalue weighted by molar-refractivity contribution is -0.141. The van der Waals surface area contributed by atoms with Crippen LogP contribution in [-0.4, -0.2) is 75.7 Å². The second-order valence-electron chi connectivity index (χ2n) is 6.78. The van der Waals surface area contributed by atoms with Crippen molar-refractivity contribution in [3.8, 4) is 0 Å². The summed E-state index contributed by atoms with van der Waals surface area (Å²) in [7, 11) is 0. The summed E-state index contributed by atoms with van der Waals surface area (Å²) < 4.78 is 0. The maximum absolute atomic E-state index is 12.6. The van der Waals surface area contributed by atoms with Crippen LogP contribution in [0.3, 0.4) is 0 Å². The smallest absolute Gasteiger partial charge is 0.327 e. The van der Waals surface area contributed by atoms with Crippen LogP contribution in [0.2, 0.25) is 0 Å². The molecule has 10 nitrogen and oxygen atoms in total. The quantitative estimate of drug-likeness (QED) is 0.165. The zero-order chi connectivity index (χ0) is 22.0. The Morgan fingerprint density at radius 1 is 0.857 bits per heavy atom. The van der Waals surface area contributed by atoms with Crippen molar-refractivity contribution < 1.29 is 29.4 Å². The number of nitrogens with one attached hydrogen (secondary N) is 3. The largest absolute Gasteiger partial charge is 0.480 e. The van der Waals surface area contributed by atoms with E-state index in [1.54, 1.807) is 0 Å². The molecule has 7 N–H and O–H groups in total. The second-order valence-corrected chi connectivity index (χ2v) is 7.51. The van der Waals surface area contributed by atoms with E-state index >= 15 is 0 Å². The molecule has 28 heavy (non-hydrogen) atoms. The highest BCUT2D eigenvalue weighted by Gasteiger charge is 2.30. The van der Waals surface area contributed by atoms with Crippen LogP contribution in [0.5, 0.6) is 0 Å². The summed E-state index contributed by atoms with van der Waals surface area (Å²) in [6.07, 6.45) is -0.840. The van der Waals surface area contributed by atoms with Gasteiger partial charge in [0.1, 0.15) is 24.2 Å². The molecular formula is C16H30N4O6S2. The third-order valence-electron chi connectivity index (χ3n) is 3.78. The predicted octanol–water partition coefficient (Wildman–Crippen LogP) is -1.86. The number of amides is 3. The summed E-state index contributed by atoms with van der Waals surface area (Å²) in [5, 5.41) is 25.6. The molecule has 0 rings (SSSR count). The van der Waals surface area contributed by atoms with Crippen LogP contribution in [0, 0.1) is 5.92 Å². The minimum atomic E-state index is -1.26. The minimum absolute atomic E-state index is 0.0303. The van der Waals surface area contributed by atoms with Gasteiger partial charge >= 0.3 is 5.97 Å². The molecule has 5 atom stereocenters. The molecule has 0 radical (unpaired) electrons. The number of carbonyl (C=O) groups excluding carboxylic acids is 3. The highest BCUT2D eigenvalue weighted by atomic mass is 32.1. The van der Waals surface area contributed by atoms with Crippen molar-refractivity contribution in [1.29, 1.82) is 0 Å². The fourth-order valence-corrected chi connectivity index (χ4v) is 2.62. The van der Waals surface area contributed by atoms with Gasteiger partial charge in [-0.3, -0.25) is 14.4 Å². The highest BCUT2D eigenvalue weighted by molar-refractivity contribution is 7.80. The first-order valence-corrected chi connectivity index (χ1v) is 10.00. The summed E-state index contributed by atoms with van der Waals surface area (Å²) in [6.45, 7) is 5.03. The van der Waals surface area contributed by atoms with E-state index in [2.05, 4.69) is 41.2 Å². The fraction of sp³-hybridized carbons (Fsp3) is 0.750. The summed E-state index contributed by atoms with van der Waals surface area (Å²) in [5.74, 6) is -3.54. The molecule has 0 aliphatic heterocycles. The Kier molecular flexibility index (Phi) is 12.2. The monoisotopic (exact) mass is 438 g/mol. The third kappa shape index (κ3) is 9.13. The Labute approximate surface area is 175 Å². The first-order chi connectivity index (χ1) is 12.9. The van der Waals surface area contributed by atoms with E-state index in [0.29, 0.717) is 0 Å². The highest BCUT2D eigenvalue weighted by Crippen LogP contribution is 2.07. The lowest BCUT2D eigenvalue weighted by atomic mass is 10.0. The summed E-state index contributed by atoms with van der Waals surface area (Å²) >= 11 is 7.88. The average Bonchev–Trinajstić information content (AvgIpc) is 2.61. The maximum Gasteiger partial charge on any atom is 0.327 e. The lowest BCUT2D eigenvalue weighted by Gasteiger charge is -2.25. The number of aliphatic hydroxyl groups excluding tert-OH is 1. The van der Waals surface area contributed by atoms with Crippen molar-refractivity contribution in [3.63, 3.8) is 0 Å². The van der Waals surface area contributed by atoms with Crippen molar-refractivity contribution >= 4 is 48.9 Å². The van der Waals surface area contributed by atoms with E-state index in [0.717, 1.165) is 0 Å². The van der Waals surface area contributed by atoms with E-state index in [-0.39, 0.29) is 23.8 Å². The zero-order valence-electron chi connectivity index (χ0n) is 16.1. The Balaban J connectivity index is 5.17. The lowest BCUT2D eigenvalue weighted by Crippen LogP contribution is -2.58. The van der Waals surface area contributed by atoms with Crippen LogP contribution in [0.1, 0.15) is 27.2 Å². The van der Waals surface area contributed by atoms with Crippen LogP contribution >= 0.6 is 25.3 Å². The molecule has 0 heterocycles. The van der Waals surface area contributed by atoms with Gasteiger partial charge < -0.3 is 31.9 Å². The molecule has 0 aliphatic rings. The topological polar surface area (TPSA) is 171 Å². The average molecular weight is 439 g/mol. The number of nitrogens with two attached hydrogens (primary N) is 1. The zero-order valence-corrected chi connectivity index (χ0v) is 17.9. The van der Waals surface area contributed by atoms with Crippen molar-refractivity contribution in [2.75, 3.05) is 11.5 Å². The SMILES string of the molecule is CC(C)CC(NC(=O)C(N)C(C)O)C(=O)NC(CS)C(=O)NC(CS)C(=O)O. The van der Waals surface area contributed by atoms with Crippen molar-refractivity contribution in [1.82, 2.24) is 16.0 Å². The number of aliphatic carboxylic acids is 1. The number of aliphatic hydroxyl groups is 1. The Morgan fingerprint density at radius 2 is 1.29 bits per heavy atom. The van der Waals surface area contributed by atoms with Gasteiger partial charge in [-0.05, 0) is 19.3 Å². The van der Waals surface area contributed by atoms with Gasteiger partial charge in [0.25, 0.3) is 0 Å². The number of carboxylic acids is 1. The number of rotatable bonds is 12. The Morgan fingerprint density at radius 3 is 1.68 bits per heavy atom. The summed E-state index contributed by atoms with van der Waals surface area (Å²) in [5.41, 5.74) is 5.58. The number of carboxylic acid groups (broad SMARTS) is 1. The van der Waals surface area contributed by atoms with Crippen molar-refractivity contribution in [2.45, 2.75) is 57.5 Å². The van der Waals surface area contributed by atoms with Crippen LogP contribution in [0.25, 0.3) is 0 Å². The molecule has 3 amide bonds. The van der Waals surface area contributed by atoms with E-state index < -0.39 is 54.0 Å². The van der Waals surface area contributed by atoms with Crippen LogP contribution < -0.4 is 21.7 Å². The molecule has 0 aliphatic carbocycles. The van der Waals surface area contributed by atoms with Crippen LogP contribution in [0.4, 0.5) is 0 Å². The van der Waals surface area contributed by atoms with Gasteiger partial charge in [0.15, 0.2) is 0 Å². The van der Waals surface area contributed by atoms with Gasteiger partial charge in [0.2, 0.25) is 17.7 Å². The molecule has 12 heteroatoms. The molecule has 0 aromatic rings. The van der Waals surface area contributed by atoms with Crippen LogP contribution in [0.15, 0.2) is 0 Å².